The summed E-state index contributed by atoms with van der Waals surface area (Å²) in [5.74, 6) is 0.714. The van der Waals surface area contributed by atoms with E-state index in [0.29, 0.717) is 12.0 Å². The van der Waals surface area contributed by atoms with Gasteiger partial charge in [0, 0.05) is 31.6 Å². The van der Waals surface area contributed by atoms with Crippen LogP contribution in [-0.4, -0.2) is 30.7 Å². The van der Waals surface area contributed by atoms with E-state index >= 15 is 0 Å². The Morgan fingerprint density at radius 1 is 1.33 bits per heavy atom. The fourth-order valence-corrected chi connectivity index (χ4v) is 3.92. The largest absolute Gasteiger partial charge is 0.348 e. The number of hydrogen-bond donors (Lipinski definition) is 2. The van der Waals surface area contributed by atoms with Crippen molar-refractivity contribution in [3.05, 3.63) is 24.3 Å². The van der Waals surface area contributed by atoms with Gasteiger partial charge in [0.1, 0.15) is 0 Å². The van der Waals surface area contributed by atoms with Crippen LogP contribution in [0.5, 0.6) is 0 Å². The van der Waals surface area contributed by atoms with Gasteiger partial charge in [0.2, 0.25) is 0 Å². The van der Waals surface area contributed by atoms with Gasteiger partial charge in [-0.1, -0.05) is 23.5 Å². The van der Waals surface area contributed by atoms with Gasteiger partial charge in [0.15, 0.2) is 5.13 Å². The van der Waals surface area contributed by atoms with Gasteiger partial charge in [-0.15, -0.1) is 0 Å². The predicted octanol–water partition coefficient (Wildman–Crippen LogP) is 1.60. The first kappa shape index (κ1) is 10.7. The van der Waals surface area contributed by atoms with Crippen molar-refractivity contribution >= 4 is 26.7 Å². The van der Waals surface area contributed by atoms with Gasteiger partial charge in [-0.2, -0.15) is 0 Å². The summed E-state index contributed by atoms with van der Waals surface area (Å²) in [5, 5.41) is 1.18. The Kier molecular flexibility index (Phi) is 2.50. The lowest BCUT2D eigenvalue weighted by atomic mass is 9.95. The quantitative estimate of drug-likeness (QED) is 0.817. The van der Waals surface area contributed by atoms with Crippen LogP contribution < -0.4 is 15.8 Å². The highest BCUT2D eigenvalue weighted by molar-refractivity contribution is 7.22. The summed E-state index contributed by atoms with van der Waals surface area (Å²) < 4.78 is 1.29. The van der Waals surface area contributed by atoms with E-state index < -0.39 is 0 Å². The molecule has 0 amide bonds. The number of para-hydroxylation sites is 1. The van der Waals surface area contributed by atoms with Gasteiger partial charge in [-0.3, -0.25) is 10.9 Å². The van der Waals surface area contributed by atoms with Crippen LogP contribution in [-0.2, 0) is 0 Å². The highest BCUT2D eigenvalue weighted by Gasteiger charge is 2.33. The van der Waals surface area contributed by atoms with Crippen LogP contribution in [0.25, 0.3) is 10.2 Å². The molecular formula is C13H16N4S. The van der Waals surface area contributed by atoms with E-state index in [-0.39, 0.29) is 0 Å². The maximum Gasteiger partial charge on any atom is 0.186 e. The number of rotatable bonds is 1. The van der Waals surface area contributed by atoms with E-state index in [2.05, 4.69) is 40.0 Å². The monoisotopic (exact) mass is 260 g/mol. The molecule has 4 nitrogen and oxygen atoms in total. The van der Waals surface area contributed by atoms with Crippen LogP contribution >= 0.6 is 11.3 Å². The molecule has 1 aromatic carbocycles. The number of nitrogens with zero attached hydrogens (tertiary/aromatic N) is 2. The number of piperidine rings is 1. The van der Waals surface area contributed by atoms with Crippen molar-refractivity contribution in [1.82, 2.24) is 15.8 Å². The fraction of sp³-hybridized carbons (Fsp3) is 0.462. The van der Waals surface area contributed by atoms with Gasteiger partial charge < -0.3 is 4.90 Å². The van der Waals surface area contributed by atoms with Crippen LogP contribution in [0, 0.1) is 5.92 Å². The number of fused-ring (bicyclic) bond motifs is 2. The molecule has 4 rings (SSSR count). The fourth-order valence-electron chi connectivity index (χ4n) is 2.92. The topological polar surface area (TPSA) is 40.2 Å². The lowest BCUT2D eigenvalue weighted by Crippen LogP contribution is -2.45. The lowest BCUT2D eigenvalue weighted by molar-refractivity contribution is 0.384. The van der Waals surface area contributed by atoms with Gasteiger partial charge >= 0.3 is 0 Å². The molecule has 0 aliphatic carbocycles. The Morgan fingerprint density at radius 3 is 3.22 bits per heavy atom. The summed E-state index contributed by atoms with van der Waals surface area (Å²) in [6, 6.07) is 9.04. The van der Waals surface area contributed by atoms with Gasteiger partial charge in [-0.25, -0.2) is 4.98 Å². The first-order valence-electron chi connectivity index (χ1n) is 6.49. The van der Waals surface area contributed by atoms with E-state index in [1.165, 1.54) is 16.3 Å². The average Bonchev–Trinajstić information content (AvgIpc) is 3.04. The molecule has 94 valence electrons. The van der Waals surface area contributed by atoms with E-state index in [4.69, 9.17) is 4.98 Å². The number of hydrogen-bond acceptors (Lipinski definition) is 5. The highest BCUT2D eigenvalue weighted by Crippen LogP contribution is 2.31. The van der Waals surface area contributed by atoms with Gasteiger partial charge in [-0.05, 0) is 18.6 Å². The van der Waals surface area contributed by atoms with Crippen molar-refractivity contribution in [1.29, 1.82) is 0 Å². The summed E-state index contributed by atoms with van der Waals surface area (Å²) in [5.41, 5.74) is 7.76. The molecule has 3 heterocycles. The Bertz CT molecular complexity index is 534. The molecule has 2 N–H and O–H groups in total. The zero-order valence-electron chi connectivity index (χ0n) is 10.1. The van der Waals surface area contributed by atoms with Crippen molar-refractivity contribution in [2.45, 2.75) is 12.5 Å². The zero-order chi connectivity index (χ0) is 11.9. The van der Waals surface area contributed by atoms with Gasteiger partial charge in [0.05, 0.1) is 10.2 Å². The van der Waals surface area contributed by atoms with Crippen LogP contribution in [0.4, 0.5) is 5.13 Å². The molecule has 0 spiro atoms. The Hall–Kier alpha value is -1.17. The maximum absolute atomic E-state index is 4.75. The predicted molar refractivity (Wildman–Crippen MR) is 74.9 cm³/mol. The summed E-state index contributed by atoms with van der Waals surface area (Å²) in [6.45, 7) is 3.30. The summed E-state index contributed by atoms with van der Waals surface area (Å²) in [6.07, 6.45) is 1.20. The highest BCUT2D eigenvalue weighted by atomic mass is 32.1. The molecule has 18 heavy (non-hydrogen) atoms. The zero-order valence-corrected chi connectivity index (χ0v) is 10.9. The molecule has 2 aliphatic heterocycles. The third-order valence-electron chi connectivity index (χ3n) is 3.94. The van der Waals surface area contributed by atoms with E-state index in [1.807, 2.05) is 11.3 Å². The first-order valence-corrected chi connectivity index (χ1v) is 7.31. The number of thiazole rings is 1. The molecular weight excluding hydrogens is 244 g/mol. The minimum absolute atomic E-state index is 0.649. The smallest absolute Gasteiger partial charge is 0.186 e. The van der Waals surface area contributed by atoms with E-state index in [1.54, 1.807) is 0 Å². The second-order valence-electron chi connectivity index (χ2n) is 5.09. The number of anilines is 1. The van der Waals surface area contributed by atoms with Crippen LogP contribution in [0.1, 0.15) is 6.42 Å². The maximum atomic E-state index is 4.75. The number of hydrazine groups is 1. The van der Waals surface area contributed by atoms with Crippen LogP contribution in [0.15, 0.2) is 24.3 Å². The third-order valence-corrected chi connectivity index (χ3v) is 5.04. The summed E-state index contributed by atoms with van der Waals surface area (Å²) in [7, 11) is 0. The third kappa shape index (κ3) is 1.70. The number of nitrogens with one attached hydrogen (secondary N) is 2. The van der Waals surface area contributed by atoms with E-state index in [9.17, 15) is 0 Å². The Labute approximate surface area is 110 Å². The summed E-state index contributed by atoms with van der Waals surface area (Å²) >= 11 is 1.81. The minimum atomic E-state index is 0.649. The molecule has 2 saturated heterocycles. The van der Waals surface area contributed by atoms with Crippen molar-refractivity contribution in [2.75, 3.05) is 24.5 Å². The number of aromatic nitrogens is 1. The minimum Gasteiger partial charge on any atom is -0.348 e. The molecule has 1 aromatic heterocycles. The molecule has 2 fully saturated rings. The molecule has 0 saturated carbocycles. The van der Waals surface area contributed by atoms with Crippen molar-refractivity contribution in [2.24, 2.45) is 5.92 Å². The normalized spacial score (nSPS) is 27.7. The van der Waals surface area contributed by atoms with Crippen molar-refractivity contribution < 1.29 is 0 Å². The Morgan fingerprint density at radius 2 is 2.28 bits per heavy atom. The van der Waals surface area contributed by atoms with Crippen molar-refractivity contribution in [3.63, 3.8) is 0 Å². The van der Waals surface area contributed by atoms with Crippen LogP contribution in [0.3, 0.4) is 0 Å². The SMILES string of the molecule is c1ccc2sc(N3CCC4NNCC4C3)nc2c1. The van der Waals surface area contributed by atoms with Crippen LogP contribution in [0.2, 0.25) is 0 Å². The molecule has 2 aliphatic rings. The molecule has 2 aromatic rings. The molecule has 2 unspecified atom stereocenters. The standard InChI is InChI=1S/C13H16N4S/c1-2-4-12-11(3-1)15-13(18-12)17-6-5-10-9(8-17)7-14-16-10/h1-4,9-10,14,16H,5-8H2. The average molecular weight is 260 g/mol. The van der Waals surface area contributed by atoms with Crippen molar-refractivity contribution in [3.8, 4) is 0 Å². The second kappa shape index (κ2) is 4.19. The second-order valence-corrected chi connectivity index (χ2v) is 6.10. The molecule has 0 bridgehead atoms. The first-order chi connectivity index (χ1) is 8.90. The van der Waals surface area contributed by atoms with Gasteiger partial charge in [0.25, 0.3) is 0 Å². The number of benzene rings is 1. The lowest BCUT2D eigenvalue weighted by Gasteiger charge is -2.33. The van der Waals surface area contributed by atoms with E-state index in [0.717, 1.165) is 25.2 Å². The molecule has 0 radical (unpaired) electrons. The summed E-state index contributed by atoms with van der Waals surface area (Å²) in [4.78, 5) is 7.20. The molecule has 2 atom stereocenters. The Balaban J connectivity index is 1.62. The molecule has 5 heteroatoms.